The van der Waals surface area contributed by atoms with Gasteiger partial charge in [-0.25, -0.2) is 22.3 Å². The zero-order valence-electron chi connectivity index (χ0n) is 7.00. The zero-order chi connectivity index (χ0) is 11.8. The average Bonchev–Trinajstić information content (AvgIpc) is 2.06. The van der Waals surface area contributed by atoms with Gasteiger partial charge in [0.25, 0.3) is 6.43 Å². The number of primary sulfonamides is 1. The molecule has 1 aromatic heterocycles. The van der Waals surface area contributed by atoms with Crippen molar-refractivity contribution in [3.8, 4) is 0 Å². The van der Waals surface area contributed by atoms with E-state index in [1.165, 1.54) is 22.6 Å². The highest BCUT2D eigenvalue weighted by Crippen LogP contribution is 2.21. The first-order valence-corrected chi connectivity index (χ1v) is 6.09. The molecule has 0 spiro atoms. The molecule has 3 N–H and O–H groups in total. The van der Waals surface area contributed by atoms with E-state index < -0.39 is 32.5 Å². The number of pyridine rings is 1. The van der Waals surface area contributed by atoms with Crippen LogP contribution in [0.1, 0.15) is 12.1 Å². The highest BCUT2D eigenvalue weighted by molar-refractivity contribution is 14.1. The van der Waals surface area contributed by atoms with Gasteiger partial charge in [-0.2, -0.15) is 0 Å². The van der Waals surface area contributed by atoms with E-state index in [0.29, 0.717) is 0 Å². The van der Waals surface area contributed by atoms with Gasteiger partial charge in [0.05, 0.1) is 3.57 Å². The maximum atomic E-state index is 12.4. The average molecular weight is 350 g/mol. The molecule has 1 heterocycles. The summed E-state index contributed by atoms with van der Waals surface area (Å²) in [6, 6.07) is 0. The maximum Gasteiger partial charge on any atom is 0.279 e. The molecule has 0 aliphatic rings. The number of rotatable bonds is 2. The van der Waals surface area contributed by atoms with Crippen LogP contribution in [0.2, 0.25) is 0 Å². The highest BCUT2D eigenvalue weighted by Gasteiger charge is 2.25. The number of nitrogens with two attached hydrogens (primary N) is 1. The first-order valence-electron chi connectivity index (χ1n) is 3.47. The molecule has 0 saturated heterocycles. The number of aromatic nitrogens is 1. The Hall–Kier alpha value is -0.550. The minimum Gasteiger partial charge on any atom is -0.358 e. The highest BCUT2D eigenvalue weighted by atomic mass is 127. The Morgan fingerprint density at radius 2 is 2.00 bits per heavy atom. The van der Waals surface area contributed by atoms with E-state index in [1.54, 1.807) is 0 Å². The minimum atomic E-state index is -4.46. The molecule has 0 atom stereocenters. The summed E-state index contributed by atoms with van der Waals surface area (Å²) in [6.07, 6.45) is -2.11. The Morgan fingerprint density at radius 1 is 1.47 bits per heavy atom. The van der Waals surface area contributed by atoms with Crippen LogP contribution in [0, 0.1) is 3.57 Å². The van der Waals surface area contributed by atoms with Gasteiger partial charge in [-0.05, 0) is 22.6 Å². The van der Waals surface area contributed by atoms with E-state index in [0.717, 1.165) is 6.20 Å². The third-order valence-corrected chi connectivity index (χ3v) is 3.30. The van der Waals surface area contributed by atoms with E-state index in [9.17, 15) is 22.0 Å². The molecule has 1 aromatic rings. The monoisotopic (exact) mass is 350 g/mol. The summed E-state index contributed by atoms with van der Waals surface area (Å²) >= 11 is 1.52. The van der Waals surface area contributed by atoms with Crippen molar-refractivity contribution in [2.75, 3.05) is 0 Å². The quantitative estimate of drug-likeness (QED) is 0.764. The third-order valence-electron chi connectivity index (χ3n) is 1.52. The fourth-order valence-corrected chi connectivity index (χ4v) is 2.38. The number of halogens is 3. The van der Waals surface area contributed by atoms with Crippen molar-refractivity contribution in [1.29, 1.82) is 0 Å². The largest absolute Gasteiger partial charge is 0.358 e. The molecule has 0 aromatic carbocycles. The fraction of sp³-hybridized carbons (Fsp3) is 0.167. The summed E-state index contributed by atoms with van der Waals surface area (Å²) in [5.74, 6) is 0. The van der Waals surface area contributed by atoms with Crippen LogP contribution in [0.3, 0.4) is 0 Å². The number of hydrogen-bond donors (Lipinski definition) is 2. The number of alkyl halides is 2. The molecule has 0 aliphatic heterocycles. The Bertz CT molecular complexity index is 540. The summed E-state index contributed by atoms with van der Waals surface area (Å²) in [4.78, 5) is 12.3. The lowest BCUT2D eigenvalue weighted by Gasteiger charge is -2.06. The van der Waals surface area contributed by atoms with E-state index >= 15 is 0 Å². The zero-order valence-corrected chi connectivity index (χ0v) is 9.97. The van der Waals surface area contributed by atoms with Crippen molar-refractivity contribution < 1.29 is 17.2 Å². The van der Waals surface area contributed by atoms with Gasteiger partial charge in [-0.15, -0.1) is 0 Å². The van der Waals surface area contributed by atoms with Crippen molar-refractivity contribution in [3.63, 3.8) is 0 Å². The lowest BCUT2D eigenvalue weighted by atomic mass is 10.3. The van der Waals surface area contributed by atoms with Crippen LogP contribution in [0.5, 0.6) is 0 Å². The van der Waals surface area contributed by atoms with Gasteiger partial charge in [0, 0.05) is 6.20 Å². The molecular weight excluding hydrogens is 345 g/mol. The molecular formula is C6H5F2IN2O3S. The van der Waals surface area contributed by atoms with Crippen LogP contribution in [0.25, 0.3) is 0 Å². The lowest BCUT2D eigenvalue weighted by Crippen LogP contribution is -2.26. The van der Waals surface area contributed by atoms with Gasteiger partial charge in [-0.3, -0.25) is 4.79 Å². The second-order valence-electron chi connectivity index (χ2n) is 2.55. The Kier molecular flexibility index (Phi) is 3.45. The first kappa shape index (κ1) is 12.5. The molecule has 0 bridgehead atoms. The Labute approximate surface area is 96.9 Å². The molecule has 0 amide bonds. The summed E-state index contributed by atoms with van der Waals surface area (Å²) in [5, 5.41) is 4.68. The van der Waals surface area contributed by atoms with Gasteiger partial charge in [0.1, 0.15) is 5.69 Å². The smallest absolute Gasteiger partial charge is 0.279 e. The third kappa shape index (κ3) is 2.52. The van der Waals surface area contributed by atoms with Crippen molar-refractivity contribution >= 4 is 32.6 Å². The SMILES string of the molecule is NS(=O)(=O)c1c(C(F)F)[nH]cc(I)c1=O. The van der Waals surface area contributed by atoms with E-state index in [-0.39, 0.29) is 3.57 Å². The number of hydrogen-bond acceptors (Lipinski definition) is 3. The molecule has 84 valence electrons. The van der Waals surface area contributed by atoms with E-state index in [2.05, 4.69) is 5.14 Å². The number of H-pyrrole nitrogens is 1. The molecule has 15 heavy (non-hydrogen) atoms. The first-order chi connectivity index (χ1) is 6.75. The number of nitrogens with one attached hydrogen (secondary N) is 1. The lowest BCUT2D eigenvalue weighted by molar-refractivity contribution is 0.142. The van der Waals surface area contributed by atoms with Crippen LogP contribution in [0.15, 0.2) is 15.9 Å². The molecule has 0 aliphatic carbocycles. The van der Waals surface area contributed by atoms with Crippen LogP contribution < -0.4 is 10.6 Å². The molecule has 5 nitrogen and oxygen atoms in total. The summed E-state index contributed by atoms with van der Waals surface area (Å²) < 4.78 is 46.6. The Morgan fingerprint density at radius 3 is 2.40 bits per heavy atom. The molecule has 9 heteroatoms. The van der Waals surface area contributed by atoms with Gasteiger partial charge in [0.2, 0.25) is 15.5 Å². The second-order valence-corrected chi connectivity index (χ2v) is 5.21. The normalized spacial score (nSPS) is 12.1. The van der Waals surface area contributed by atoms with Crippen molar-refractivity contribution in [1.82, 2.24) is 4.98 Å². The fourth-order valence-electron chi connectivity index (χ4n) is 0.948. The van der Waals surface area contributed by atoms with Gasteiger partial charge >= 0.3 is 0 Å². The molecule has 0 fully saturated rings. The molecule has 0 radical (unpaired) electrons. The standard InChI is InChI=1S/C6H5F2IN2O3S/c7-6(8)3-5(15(10,13)14)4(12)2(9)1-11-3/h1,6H,(H,11,12)(H2,10,13,14). The molecule has 0 saturated carbocycles. The van der Waals surface area contributed by atoms with Gasteiger partial charge in [-0.1, -0.05) is 0 Å². The van der Waals surface area contributed by atoms with Gasteiger partial charge in [0.15, 0.2) is 4.90 Å². The van der Waals surface area contributed by atoms with Gasteiger partial charge < -0.3 is 4.98 Å². The number of sulfonamides is 1. The van der Waals surface area contributed by atoms with Crippen LogP contribution >= 0.6 is 22.6 Å². The summed E-state index contributed by atoms with van der Waals surface area (Å²) in [6.45, 7) is 0. The van der Waals surface area contributed by atoms with E-state index in [1.807, 2.05) is 4.98 Å². The van der Waals surface area contributed by atoms with Crippen molar-refractivity contribution in [3.05, 3.63) is 25.7 Å². The predicted octanol–water partition coefficient (Wildman–Crippen LogP) is 0.565. The molecule has 1 rings (SSSR count). The van der Waals surface area contributed by atoms with Crippen molar-refractivity contribution in [2.45, 2.75) is 11.3 Å². The summed E-state index contributed by atoms with van der Waals surface area (Å²) in [5.41, 5.74) is -2.00. The van der Waals surface area contributed by atoms with E-state index in [4.69, 9.17) is 0 Å². The predicted molar refractivity (Wildman–Crippen MR) is 56.1 cm³/mol. The molecule has 0 unspecified atom stereocenters. The van der Waals surface area contributed by atoms with Crippen LogP contribution in [0.4, 0.5) is 8.78 Å². The van der Waals surface area contributed by atoms with Crippen LogP contribution in [-0.4, -0.2) is 13.4 Å². The van der Waals surface area contributed by atoms with Crippen LogP contribution in [-0.2, 0) is 10.0 Å². The Balaban J connectivity index is 3.73. The van der Waals surface area contributed by atoms with Crippen molar-refractivity contribution in [2.24, 2.45) is 5.14 Å². The summed E-state index contributed by atoms with van der Waals surface area (Å²) in [7, 11) is -4.46. The maximum absolute atomic E-state index is 12.4. The second kappa shape index (κ2) is 4.14. The number of aromatic amines is 1. The minimum absolute atomic E-state index is 0.0268. The topological polar surface area (TPSA) is 93.0 Å².